The molecule has 2 aromatic rings. The number of hydrogen-bond acceptors (Lipinski definition) is 2. The van der Waals surface area contributed by atoms with Gasteiger partial charge in [-0.3, -0.25) is 0 Å². The Morgan fingerprint density at radius 1 is 1.12 bits per heavy atom. The summed E-state index contributed by atoms with van der Waals surface area (Å²) in [4.78, 5) is 11.8. The maximum atomic E-state index is 11.8. The Bertz CT molecular complexity index is 515. The SMILES string of the molecule is Cc1cc(Cl)cc(OC(=O)c2ccccc2)c1. The van der Waals surface area contributed by atoms with E-state index in [0.29, 0.717) is 16.3 Å². The van der Waals surface area contributed by atoms with Crippen molar-refractivity contribution in [3.8, 4) is 5.75 Å². The predicted molar refractivity (Wildman–Crippen MR) is 67.6 cm³/mol. The Morgan fingerprint density at radius 3 is 2.47 bits per heavy atom. The summed E-state index contributed by atoms with van der Waals surface area (Å²) < 4.78 is 5.24. The summed E-state index contributed by atoms with van der Waals surface area (Å²) >= 11 is 5.89. The second kappa shape index (κ2) is 5.02. The van der Waals surface area contributed by atoms with Crippen molar-refractivity contribution in [3.63, 3.8) is 0 Å². The van der Waals surface area contributed by atoms with Crippen LogP contribution >= 0.6 is 11.6 Å². The standard InChI is InChI=1S/C14H11ClO2/c1-10-7-12(15)9-13(8-10)17-14(16)11-5-3-2-4-6-11/h2-9H,1H3. The minimum absolute atomic E-state index is 0.382. The number of aryl methyl sites for hydroxylation is 1. The first-order valence-electron chi connectivity index (χ1n) is 5.19. The molecule has 0 heterocycles. The first-order valence-corrected chi connectivity index (χ1v) is 5.57. The van der Waals surface area contributed by atoms with E-state index in [2.05, 4.69) is 0 Å². The van der Waals surface area contributed by atoms with E-state index in [-0.39, 0.29) is 5.97 Å². The van der Waals surface area contributed by atoms with E-state index in [4.69, 9.17) is 16.3 Å². The maximum absolute atomic E-state index is 11.8. The van der Waals surface area contributed by atoms with Crippen molar-refractivity contribution in [2.45, 2.75) is 6.92 Å². The highest BCUT2D eigenvalue weighted by Crippen LogP contribution is 2.21. The monoisotopic (exact) mass is 246 g/mol. The van der Waals surface area contributed by atoms with Gasteiger partial charge in [0.2, 0.25) is 0 Å². The van der Waals surface area contributed by atoms with Gasteiger partial charge in [-0.25, -0.2) is 4.79 Å². The summed E-state index contributed by atoms with van der Waals surface area (Å²) in [6, 6.07) is 14.0. The summed E-state index contributed by atoms with van der Waals surface area (Å²) in [7, 11) is 0. The lowest BCUT2D eigenvalue weighted by molar-refractivity contribution is 0.0735. The number of ether oxygens (including phenoxy) is 1. The topological polar surface area (TPSA) is 26.3 Å². The number of carbonyl (C=O) groups excluding carboxylic acids is 1. The largest absolute Gasteiger partial charge is 0.423 e. The normalized spacial score (nSPS) is 10.0. The number of benzene rings is 2. The maximum Gasteiger partial charge on any atom is 0.343 e. The van der Waals surface area contributed by atoms with Gasteiger partial charge in [0.25, 0.3) is 0 Å². The van der Waals surface area contributed by atoms with Crippen LogP contribution in [0.5, 0.6) is 5.75 Å². The molecular formula is C14H11ClO2. The van der Waals surface area contributed by atoms with Crippen LogP contribution in [0.1, 0.15) is 15.9 Å². The highest BCUT2D eigenvalue weighted by molar-refractivity contribution is 6.30. The van der Waals surface area contributed by atoms with Crippen LogP contribution in [0.4, 0.5) is 0 Å². The molecule has 2 aromatic carbocycles. The predicted octanol–water partition coefficient (Wildman–Crippen LogP) is 3.87. The number of hydrogen-bond donors (Lipinski definition) is 0. The van der Waals surface area contributed by atoms with E-state index in [1.54, 1.807) is 42.5 Å². The van der Waals surface area contributed by atoms with Crippen molar-refractivity contribution in [2.75, 3.05) is 0 Å². The molecule has 0 aliphatic heterocycles. The van der Waals surface area contributed by atoms with Gasteiger partial charge in [-0.05, 0) is 42.8 Å². The molecule has 0 spiro atoms. The van der Waals surface area contributed by atoms with Gasteiger partial charge in [-0.15, -0.1) is 0 Å². The van der Waals surface area contributed by atoms with Crippen molar-refractivity contribution in [1.29, 1.82) is 0 Å². The molecule has 0 aromatic heterocycles. The number of esters is 1. The van der Waals surface area contributed by atoms with Crippen LogP contribution in [-0.4, -0.2) is 5.97 Å². The summed E-state index contributed by atoms with van der Waals surface area (Å²) in [6.45, 7) is 1.89. The minimum Gasteiger partial charge on any atom is -0.423 e. The van der Waals surface area contributed by atoms with Crippen molar-refractivity contribution in [3.05, 3.63) is 64.7 Å². The molecule has 0 saturated heterocycles. The lowest BCUT2D eigenvalue weighted by atomic mass is 10.2. The lowest BCUT2D eigenvalue weighted by Crippen LogP contribution is -2.08. The Kier molecular flexibility index (Phi) is 3.45. The molecule has 3 heteroatoms. The molecule has 0 bridgehead atoms. The van der Waals surface area contributed by atoms with Crippen LogP contribution < -0.4 is 4.74 Å². The molecule has 0 amide bonds. The summed E-state index contributed by atoms with van der Waals surface area (Å²) in [6.07, 6.45) is 0. The van der Waals surface area contributed by atoms with Crippen LogP contribution in [0.15, 0.2) is 48.5 Å². The fraction of sp³-hybridized carbons (Fsp3) is 0.0714. The number of rotatable bonds is 2. The van der Waals surface area contributed by atoms with E-state index in [1.165, 1.54) is 0 Å². The van der Waals surface area contributed by atoms with Crippen LogP contribution in [-0.2, 0) is 0 Å². The van der Waals surface area contributed by atoms with E-state index in [0.717, 1.165) is 5.56 Å². The zero-order valence-corrected chi connectivity index (χ0v) is 10.1. The van der Waals surface area contributed by atoms with Gasteiger partial charge in [0.1, 0.15) is 5.75 Å². The molecule has 2 nitrogen and oxygen atoms in total. The zero-order chi connectivity index (χ0) is 12.3. The zero-order valence-electron chi connectivity index (χ0n) is 9.31. The molecule has 0 aliphatic rings. The third kappa shape index (κ3) is 3.08. The molecular weight excluding hydrogens is 236 g/mol. The fourth-order valence-corrected chi connectivity index (χ4v) is 1.78. The molecule has 0 atom stereocenters. The van der Waals surface area contributed by atoms with Gasteiger partial charge in [-0.1, -0.05) is 29.8 Å². The second-order valence-electron chi connectivity index (χ2n) is 3.72. The average molecular weight is 247 g/mol. The summed E-state index contributed by atoms with van der Waals surface area (Å²) in [5.74, 6) is 0.0797. The Balaban J connectivity index is 2.19. The van der Waals surface area contributed by atoms with Gasteiger partial charge in [0.05, 0.1) is 5.56 Å². The summed E-state index contributed by atoms with van der Waals surface area (Å²) in [5, 5.41) is 0.556. The Labute approximate surface area is 105 Å². The number of carbonyl (C=O) groups is 1. The van der Waals surface area contributed by atoms with Gasteiger partial charge in [0.15, 0.2) is 0 Å². The smallest absolute Gasteiger partial charge is 0.343 e. The first-order chi connectivity index (χ1) is 8.15. The molecule has 0 radical (unpaired) electrons. The molecule has 86 valence electrons. The first kappa shape index (κ1) is 11.7. The molecule has 17 heavy (non-hydrogen) atoms. The highest BCUT2D eigenvalue weighted by atomic mass is 35.5. The molecule has 0 aliphatic carbocycles. The lowest BCUT2D eigenvalue weighted by Gasteiger charge is -2.05. The van der Waals surface area contributed by atoms with Crippen molar-refractivity contribution >= 4 is 17.6 Å². The van der Waals surface area contributed by atoms with Crippen molar-refractivity contribution in [1.82, 2.24) is 0 Å². The summed E-state index contributed by atoms with van der Waals surface area (Å²) in [5.41, 5.74) is 1.47. The van der Waals surface area contributed by atoms with E-state index < -0.39 is 0 Å². The number of halogens is 1. The van der Waals surface area contributed by atoms with E-state index in [1.807, 2.05) is 13.0 Å². The molecule has 0 fully saturated rings. The second-order valence-corrected chi connectivity index (χ2v) is 4.16. The van der Waals surface area contributed by atoms with Crippen LogP contribution in [0.25, 0.3) is 0 Å². The van der Waals surface area contributed by atoms with Gasteiger partial charge in [0, 0.05) is 5.02 Å². The van der Waals surface area contributed by atoms with Crippen molar-refractivity contribution < 1.29 is 9.53 Å². The molecule has 0 N–H and O–H groups in total. The van der Waals surface area contributed by atoms with Crippen molar-refractivity contribution in [2.24, 2.45) is 0 Å². The van der Waals surface area contributed by atoms with Crippen LogP contribution in [0.2, 0.25) is 5.02 Å². The molecule has 0 saturated carbocycles. The average Bonchev–Trinajstić information content (AvgIpc) is 2.28. The van der Waals surface area contributed by atoms with Crippen LogP contribution in [0, 0.1) is 6.92 Å². The highest BCUT2D eigenvalue weighted by Gasteiger charge is 2.08. The van der Waals surface area contributed by atoms with Gasteiger partial charge in [-0.2, -0.15) is 0 Å². The minimum atomic E-state index is -0.382. The quantitative estimate of drug-likeness (QED) is 0.594. The van der Waals surface area contributed by atoms with E-state index in [9.17, 15) is 4.79 Å². The van der Waals surface area contributed by atoms with Gasteiger partial charge < -0.3 is 4.74 Å². The third-order valence-corrected chi connectivity index (χ3v) is 2.45. The molecule has 2 rings (SSSR count). The van der Waals surface area contributed by atoms with Crippen LogP contribution in [0.3, 0.4) is 0 Å². The Morgan fingerprint density at radius 2 is 1.82 bits per heavy atom. The van der Waals surface area contributed by atoms with Gasteiger partial charge >= 0.3 is 5.97 Å². The fourth-order valence-electron chi connectivity index (χ4n) is 1.50. The molecule has 0 unspecified atom stereocenters. The van der Waals surface area contributed by atoms with E-state index >= 15 is 0 Å². The Hall–Kier alpha value is -1.80. The third-order valence-electron chi connectivity index (χ3n) is 2.24.